The standard InChI is InChI=1S/C15H19ClN2/c1-2-14(16)7-8-17-10-12-9-13-5-3-4-6-15(13)18-11-12/h3-6,9,11,14,17H,2,7-8,10H2,1H3. The van der Waals surface area contributed by atoms with E-state index in [0.717, 1.165) is 31.4 Å². The summed E-state index contributed by atoms with van der Waals surface area (Å²) >= 11 is 6.07. The highest BCUT2D eigenvalue weighted by molar-refractivity contribution is 6.20. The lowest BCUT2D eigenvalue weighted by Gasteiger charge is -2.08. The van der Waals surface area contributed by atoms with Gasteiger partial charge < -0.3 is 5.32 Å². The number of hydrogen-bond acceptors (Lipinski definition) is 2. The first-order chi connectivity index (χ1) is 8.79. The van der Waals surface area contributed by atoms with Crippen LogP contribution >= 0.6 is 11.6 Å². The van der Waals surface area contributed by atoms with E-state index in [1.807, 2.05) is 24.4 Å². The molecule has 0 aliphatic carbocycles. The summed E-state index contributed by atoms with van der Waals surface area (Å²) in [4.78, 5) is 4.45. The quantitative estimate of drug-likeness (QED) is 0.634. The molecule has 1 unspecified atom stereocenters. The predicted octanol–water partition coefficient (Wildman–Crippen LogP) is 3.73. The summed E-state index contributed by atoms with van der Waals surface area (Å²) in [5, 5.41) is 4.89. The number of nitrogens with one attached hydrogen (secondary N) is 1. The monoisotopic (exact) mass is 262 g/mol. The largest absolute Gasteiger partial charge is 0.313 e. The Morgan fingerprint density at radius 3 is 3.00 bits per heavy atom. The Balaban J connectivity index is 1.88. The van der Waals surface area contributed by atoms with E-state index in [1.165, 1.54) is 10.9 Å². The Labute approximate surface area is 113 Å². The smallest absolute Gasteiger partial charge is 0.0702 e. The minimum Gasteiger partial charge on any atom is -0.313 e. The van der Waals surface area contributed by atoms with Crippen LogP contribution in [0.1, 0.15) is 25.3 Å². The van der Waals surface area contributed by atoms with E-state index in [1.54, 1.807) is 0 Å². The van der Waals surface area contributed by atoms with Crippen molar-refractivity contribution in [2.45, 2.75) is 31.7 Å². The predicted molar refractivity (Wildman–Crippen MR) is 78.0 cm³/mol. The summed E-state index contributed by atoms with van der Waals surface area (Å²) < 4.78 is 0. The van der Waals surface area contributed by atoms with Gasteiger partial charge in [-0.1, -0.05) is 25.1 Å². The van der Waals surface area contributed by atoms with Crippen molar-refractivity contribution in [1.82, 2.24) is 10.3 Å². The minimum atomic E-state index is 0.284. The minimum absolute atomic E-state index is 0.284. The number of fused-ring (bicyclic) bond motifs is 1. The van der Waals surface area contributed by atoms with Crippen molar-refractivity contribution in [3.05, 3.63) is 42.1 Å². The summed E-state index contributed by atoms with van der Waals surface area (Å²) in [6.45, 7) is 3.92. The van der Waals surface area contributed by atoms with Crippen molar-refractivity contribution in [3.8, 4) is 0 Å². The lowest BCUT2D eigenvalue weighted by molar-refractivity contribution is 0.621. The van der Waals surface area contributed by atoms with Crippen molar-refractivity contribution in [3.63, 3.8) is 0 Å². The van der Waals surface area contributed by atoms with Crippen molar-refractivity contribution in [2.75, 3.05) is 6.54 Å². The third-order valence-corrected chi connectivity index (χ3v) is 3.58. The Morgan fingerprint density at radius 2 is 2.17 bits per heavy atom. The molecule has 0 bridgehead atoms. The molecule has 0 spiro atoms. The number of pyridine rings is 1. The highest BCUT2D eigenvalue weighted by atomic mass is 35.5. The molecule has 1 aromatic heterocycles. The van der Waals surface area contributed by atoms with Crippen molar-refractivity contribution < 1.29 is 0 Å². The molecule has 0 saturated heterocycles. The van der Waals surface area contributed by atoms with Gasteiger partial charge in [-0.3, -0.25) is 4.98 Å². The van der Waals surface area contributed by atoms with E-state index in [0.29, 0.717) is 0 Å². The maximum atomic E-state index is 6.07. The number of alkyl halides is 1. The van der Waals surface area contributed by atoms with Crippen LogP contribution in [-0.4, -0.2) is 16.9 Å². The van der Waals surface area contributed by atoms with Crippen molar-refractivity contribution in [2.24, 2.45) is 0 Å². The van der Waals surface area contributed by atoms with E-state index in [2.05, 4.69) is 29.4 Å². The van der Waals surface area contributed by atoms with E-state index in [-0.39, 0.29) is 5.38 Å². The van der Waals surface area contributed by atoms with Crippen LogP contribution in [0.5, 0.6) is 0 Å². The number of aromatic nitrogens is 1. The number of hydrogen-bond donors (Lipinski definition) is 1. The summed E-state index contributed by atoms with van der Waals surface area (Å²) in [5.74, 6) is 0. The van der Waals surface area contributed by atoms with Gasteiger partial charge in [0.05, 0.1) is 5.52 Å². The van der Waals surface area contributed by atoms with Gasteiger partial charge in [-0.25, -0.2) is 0 Å². The molecule has 0 radical (unpaired) electrons. The van der Waals surface area contributed by atoms with Gasteiger partial charge in [-0.05, 0) is 37.1 Å². The molecule has 1 heterocycles. The van der Waals surface area contributed by atoms with Gasteiger partial charge in [0, 0.05) is 23.5 Å². The average molecular weight is 263 g/mol. The Kier molecular flexibility index (Phi) is 4.97. The maximum Gasteiger partial charge on any atom is 0.0702 e. The number of benzene rings is 1. The second-order valence-electron chi connectivity index (χ2n) is 4.51. The lowest BCUT2D eigenvalue weighted by atomic mass is 10.1. The molecular weight excluding hydrogens is 244 g/mol. The first kappa shape index (κ1) is 13.3. The zero-order valence-electron chi connectivity index (χ0n) is 10.7. The van der Waals surface area contributed by atoms with E-state index < -0.39 is 0 Å². The van der Waals surface area contributed by atoms with Gasteiger partial charge in [0.2, 0.25) is 0 Å². The normalized spacial score (nSPS) is 12.8. The van der Waals surface area contributed by atoms with Crippen LogP contribution in [0.2, 0.25) is 0 Å². The highest BCUT2D eigenvalue weighted by Gasteiger charge is 2.01. The number of halogens is 1. The summed E-state index contributed by atoms with van der Waals surface area (Å²) in [5.41, 5.74) is 2.27. The zero-order chi connectivity index (χ0) is 12.8. The fourth-order valence-corrected chi connectivity index (χ4v) is 2.02. The van der Waals surface area contributed by atoms with Gasteiger partial charge in [-0.15, -0.1) is 11.6 Å². The Morgan fingerprint density at radius 1 is 1.33 bits per heavy atom. The molecule has 1 aromatic carbocycles. The molecule has 2 rings (SSSR count). The molecule has 0 saturated carbocycles. The van der Waals surface area contributed by atoms with Crippen LogP contribution in [0.25, 0.3) is 10.9 Å². The summed E-state index contributed by atoms with van der Waals surface area (Å²) in [6.07, 6.45) is 3.98. The molecule has 0 aliphatic rings. The molecule has 0 aliphatic heterocycles. The molecule has 96 valence electrons. The Bertz CT molecular complexity index is 499. The van der Waals surface area contributed by atoms with Gasteiger partial charge in [-0.2, -0.15) is 0 Å². The summed E-state index contributed by atoms with van der Waals surface area (Å²) in [7, 11) is 0. The number of nitrogens with zero attached hydrogens (tertiary/aromatic N) is 1. The SMILES string of the molecule is CCC(Cl)CCNCc1cnc2ccccc2c1. The fraction of sp³-hybridized carbons (Fsp3) is 0.400. The average Bonchev–Trinajstić information content (AvgIpc) is 2.43. The van der Waals surface area contributed by atoms with Crippen LogP contribution in [0.3, 0.4) is 0 Å². The van der Waals surface area contributed by atoms with Crippen molar-refractivity contribution >= 4 is 22.5 Å². The first-order valence-corrected chi connectivity index (χ1v) is 6.91. The van der Waals surface area contributed by atoms with Crippen LogP contribution in [0.15, 0.2) is 36.5 Å². The van der Waals surface area contributed by atoms with Gasteiger partial charge in [0.1, 0.15) is 0 Å². The number of para-hydroxylation sites is 1. The van der Waals surface area contributed by atoms with Gasteiger partial charge in [0.15, 0.2) is 0 Å². The fourth-order valence-electron chi connectivity index (χ4n) is 1.91. The third kappa shape index (κ3) is 3.69. The zero-order valence-corrected chi connectivity index (χ0v) is 11.5. The third-order valence-electron chi connectivity index (χ3n) is 3.05. The molecule has 0 amide bonds. The van der Waals surface area contributed by atoms with Crippen LogP contribution in [0.4, 0.5) is 0 Å². The molecule has 18 heavy (non-hydrogen) atoms. The molecule has 2 nitrogen and oxygen atoms in total. The second kappa shape index (κ2) is 6.72. The molecule has 3 heteroatoms. The lowest BCUT2D eigenvalue weighted by Crippen LogP contribution is -2.17. The second-order valence-corrected chi connectivity index (χ2v) is 5.12. The van der Waals surface area contributed by atoms with E-state index in [4.69, 9.17) is 11.6 Å². The van der Waals surface area contributed by atoms with E-state index >= 15 is 0 Å². The van der Waals surface area contributed by atoms with Gasteiger partial charge >= 0.3 is 0 Å². The molecule has 2 aromatic rings. The van der Waals surface area contributed by atoms with Crippen LogP contribution in [-0.2, 0) is 6.54 Å². The highest BCUT2D eigenvalue weighted by Crippen LogP contribution is 2.12. The van der Waals surface area contributed by atoms with Crippen LogP contribution in [0, 0.1) is 0 Å². The molecule has 0 fully saturated rings. The Hall–Kier alpha value is -1.12. The van der Waals surface area contributed by atoms with Crippen molar-refractivity contribution in [1.29, 1.82) is 0 Å². The molecule has 1 N–H and O–H groups in total. The number of rotatable bonds is 6. The molecular formula is C15H19ClN2. The van der Waals surface area contributed by atoms with E-state index in [9.17, 15) is 0 Å². The topological polar surface area (TPSA) is 24.9 Å². The maximum absolute atomic E-state index is 6.07. The summed E-state index contributed by atoms with van der Waals surface area (Å²) in [6, 6.07) is 10.4. The first-order valence-electron chi connectivity index (χ1n) is 6.48. The van der Waals surface area contributed by atoms with Crippen LogP contribution < -0.4 is 5.32 Å². The van der Waals surface area contributed by atoms with Gasteiger partial charge in [0.25, 0.3) is 0 Å². The molecule has 1 atom stereocenters.